The number of H-pyrrole nitrogens is 1. The standard InChI is InChI=1S/C19H21F4N5O/c1-28(2)18-26-16(14(13(24)9-20)17(29)27-18)25-15(10-3-4-10)11-5-7-12(8-6-11)19(21,22)23/h5-8,10,15,24H,3-4,9H2,1-2H3,(H2,25,26,27,29). The van der Waals surface area contributed by atoms with Crippen LogP contribution in [0.4, 0.5) is 29.3 Å². The van der Waals surface area contributed by atoms with Crippen molar-refractivity contribution in [1.82, 2.24) is 9.97 Å². The van der Waals surface area contributed by atoms with Crippen LogP contribution in [0.2, 0.25) is 0 Å². The summed E-state index contributed by atoms with van der Waals surface area (Å²) >= 11 is 0. The maximum absolute atomic E-state index is 13.1. The number of alkyl halides is 4. The van der Waals surface area contributed by atoms with Gasteiger partial charge in [-0.3, -0.25) is 9.78 Å². The topological polar surface area (TPSA) is 84.9 Å². The van der Waals surface area contributed by atoms with Crippen LogP contribution >= 0.6 is 0 Å². The Kier molecular flexibility index (Phi) is 5.63. The van der Waals surface area contributed by atoms with Crippen molar-refractivity contribution in [1.29, 1.82) is 5.41 Å². The van der Waals surface area contributed by atoms with Crippen molar-refractivity contribution in [3.63, 3.8) is 0 Å². The zero-order valence-corrected chi connectivity index (χ0v) is 15.9. The lowest BCUT2D eigenvalue weighted by Crippen LogP contribution is -2.28. The fraction of sp³-hybridized carbons (Fsp3) is 0.421. The van der Waals surface area contributed by atoms with E-state index in [-0.39, 0.29) is 23.2 Å². The molecule has 1 aromatic heterocycles. The number of hydrogen-bond donors (Lipinski definition) is 3. The Bertz CT molecular complexity index is 949. The molecule has 156 valence electrons. The zero-order valence-electron chi connectivity index (χ0n) is 15.9. The second-order valence-electron chi connectivity index (χ2n) is 7.20. The smallest absolute Gasteiger partial charge is 0.362 e. The SMILES string of the molecule is CN(C)c1nc(NC(c2ccc(C(F)(F)F)cc2)C2CC2)c(C(=N)CF)c(=O)[nH]1. The van der Waals surface area contributed by atoms with E-state index in [2.05, 4.69) is 15.3 Å². The summed E-state index contributed by atoms with van der Waals surface area (Å²) in [6, 6.07) is 4.38. The predicted molar refractivity (Wildman–Crippen MR) is 103 cm³/mol. The fourth-order valence-electron chi connectivity index (χ4n) is 3.05. The van der Waals surface area contributed by atoms with Crippen LogP contribution in [-0.4, -0.2) is 36.4 Å². The number of nitrogens with one attached hydrogen (secondary N) is 3. The van der Waals surface area contributed by atoms with E-state index >= 15 is 0 Å². The molecule has 0 bridgehead atoms. The van der Waals surface area contributed by atoms with Gasteiger partial charge in [0.15, 0.2) is 0 Å². The lowest BCUT2D eigenvalue weighted by atomic mass is 10.00. The van der Waals surface area contributed by atoms with Crippen molar-refractivity contribution in [3.05, 3.63) is 51.3 Å². The Morgan fingerprint density at radius 2 is 1.93 bits per heavy atom. The van der Waals surface area contributed by atoms with Crippen LogP contribution in [0.25, 0.3) is 0 Å². The Labute approximate surface area is 164 Å². The molecule has 29 heavy (non-hydrogen) atoms. The average Bonchev–Trinajstić information content (AvgIpc) is 3.49. The second-order valence-corrected chi connectivity index (χ2v) is 7.20. The van der Waals surface area contributed by atoms with Gasteiger partial charge in [-0.25, -0.2) is 4.39 Å². The molecule has 1 unspecified atom stereocenters. The molecule has 0 radical (unpaired) electrons. The van der Waals surface area contributed by atoms with E-state index in [1.54, 1.807) is 19.0 Å². The van der Waals surface area contributed by atoms with Crippen LogP contribution in [0, 0.1) is 11.3 Å². The number of anilines is 2. The number of rotatable bonds is 7. The minimum atomic E-state index is -4.43. The highest BCUT2D eigenvalue weighted by molar-refractivity contribution is 6.02. The van der Waals surface area contributed by atoms with Crippen molar-refractivity contribution < 1.29 is 17.6 Å². The van der Waals surface area contributed by atoms with Crippen molar-refractivity contribution in [2.45, 2.75) is 25.1 Å². The fourth-order valence-corrected chi connectivity index (χ4v) is 3.05. The van der Waals surface area contributed by atoms with Gasteiger partial charge in [-0.2, -0.15) is 18.2 Å². The molecule has 0 amide bonds. The van der Waals surface area contributed by atoms with Crippen molar-refractivity contribution in [2.24, 2.45) is 5.92 Å². The lowest BCUT2D eigenvalue weighted by Gasteiger charge is -2.23. The normalized spacial score (nSPS) is 15.1. The van der Waals surface area contributed by atoms with E-state index in [4.69, 9.17) is 5.41 Å². The molecule has 1 atom stereocenters. The first kappa shape index (κ1) is 20.8. The zero-order chi connectivity index (χ0) is 21.3. The van der Waals surface area contributed by atoms with Crippen LogP contribution in [0.15, 0.2) is 29.1 Å². The quantitative estimate of drug-likeness (QED) is 0.479. The van der Waals surface area contributed by atoms with Crippen molar-refractivity contribution in [2.75, 3.05) is 31.0 Å². The maximum atomic E-state index is 13.1. The van der Waals surface area contributed by atoms with Gasteiger partial charge >= 0.3 is 6.18 Å². The first-order chi connectivity index (χ1) is 13.6. The molecule has 6 nitrogen and oxygen atoms in total. The van der Waals surface area contributed by atoms with E-state index < -0.39 is 35.7 Å². The van der Waals surface area contributed by atoms with Gasteiger partial charge in [0.05, 0.1) is 17.3 Å². The Balaban J connectivity index is 2.01. The molecule has 1 fully saturated rings. The summed E-state index contributed by atoms with van der Waals surface area (Å²) in [4.78, 5) is 20.8. The highest BCUT2D eigenvalue weighted by atomic mass is 19.4. The van der Waals surface area contributed by atoms with E-state index in [1.165, 1.54) is 12.1 Å². The van der Waals surface area contributed by atoms with E-state index in [0.717, 1.165) is 25.0 Å². The summed E-state index contributed by atoms with van der Waals surface area (Å²) in [6.45, 7) is -1.14. The van der Waals surface area contributed by atoms with E-state index in [1.807, 2.05) is 0 Å². The van der Waals surface area contributed by atoms with Gasteiger partial charge < -0.3 is 15.6 Å². The average molecular weight is 411 g/mol. The lowest BCUT2D eigenvalue weighted by molar-refractivity contribution is -0.137. The first-order valence-electron chi connectivity index (χ1n) is 9.01. The molecule has 10 heteroatoms. The Hall–Kier alpha value is -2.91. The van der Waals surface area contributed by atoms with Gasteiger partial charge in [-0.15, -0.1) is 0 Å². The third kappa shape index (κ3) is 4.57. The Morgan fingerprint density at radius 3 is 2.41 bits per heavy atom. The summed E-state index contributed by atoms with van der Waals surface area (Å²) in [5.41, 5.74) is -1.54. The summed E-state index contributed by atoms with van der Waals surface area (Å²) in [5, 5.41) is 10.9. The summed E-state index contributed by atoms with van der Waals surface area (Å²) in [7, 11) is 3.33. The highest BCUT2D eigenvalue weighted by Crippen LogP contribution is 2.43. The number of hydrogen-bond acceptors (Lipinski definition) is 5. The van der Waals surface area contributed by atoms with Gasteiger partial charge in [0, 0.05) is 14.1 Å². The second kappa shape index (κ2) is 7.84. The largest absolute Gasteiger partial charge is 0.416 e. The minimum absolute atomic E-state index is 0.0388. The molecule has 2 aromatic rings. The third-order valence-corrected chi connectivity index (χ3v) is 4.75. The molecule has 3 N–H and O–H groups in total. The molecule has 1 aromatic carbocycles. The van der Waals surface area contributed by atoms with Gasteiger partial charge in [0.2, 0.25) is 5.95 Å². The van der Waals surface area contributed by atoms with Crippen LogP contribution in [0.1, 0.15) is 35.6 Å². The highest BCUT2D eigenvalue weighted by Gasteiger charge is 2.35. The molecular weight excluding hydrogens is 390 g/mol. The number of aromatic nitrogens is 2. The van der Waals surface area contributed by atoms with Gasteiger partial charge in [0.25, 0.3) is 5.56 Å². The summed E-state index contributed by atoms with van der Waals surface area (Å²) < 4.78 is 51.7. The third-order valence-electron chi connectivity index (χ3n) is 4.75. The molecule has 0 saturated heterocycles. The molecule has 1 aliphatic carbocycles. The number of aromatic amines is 1. The van der Waals surface area contributed by atoms with E-state index in [9.17, 15) is 22.4 Å². The molecule has 1 heterocycles. The molecule has 3 rings (SSSR count). The maximum Gasteiger partial charge on any atom is 0.416 e. The van der Waals surface area contributed by atoms with E-state index in [0.29, 0.717) is 5.56 Å². The molecule has 0 spiro atoms. The monoisotopic (exact) mass is 411 g/mol. The Morgan fingerprint density at radius 1 is 1.31 bits per heavy atom. The molecular formula is C19H21F4N5O. The molecule has 0 aliphatic heterocycles. The number of benzene rings is 1. The summed E-state index contributed by atoms with van der Waals surface area (Å²) in [6.07, 6.45) is -2.71. The predicted octanol–water partition coefficient (Wildman–Crippen LogP) is 3.76. The van der Waals surface area contributed by atoms with Gasteiger partial charge in [-0.05, 0) is 36.5 Å². The summed E-state index contributed by atoms with van der Waals surface area (Å²) in [5.74, 6) is 0.398. The number of nitrogens with zero attached hydrogens (tertiary/aromatic N) is 2. The van der Waals surface area contributed by atoms with Crippen LogP contribution < -0.4 is 15.8 Å². The van der Waals surface area contributed by atoms with Crippen LogP contribution in [0.3, 0.4) is 0 Å². The minimum Gasteiger partial charge on any atom is -0.362 e. The van der Waals surface area contributed by atoms with Gasteiger partial charge in [-0.1, -0.05) is 12.1 Å². The van der Waals surface area contributed by atoms with Crippen LogP contribution in [0.5, 0.6) is 0 Å². The van der Waals surface area contributed by atoms with Crippen molar-refractivity contribution in [3.8, 4) is 0 Å². The van der Waals surface area contributed by atoms with Crippen LogP contribution in [-0.2, 0) is 6.18 Å². The molecule has 1 saturated carbocycles. The van der Waals surface area contributed by atoms with Crippen molar-refractivity contribution >= 4 is 17.5 Å². The first-order valence-corrected chi connectivity index (χ1v) is 9.01. The number of halogens is 4. The molecule has 1 aliphatic rings. The van der Waals surface area contributed by atoms with Gasteiger partial charge in [0.1, 0.15) is 18.1 Å².